The summed E-state index contributed by atoms with van der Waals surface area (Å²) in [5.41, 5.74) is 0.210. The summed E-state index contributed by atoms with van der Waals surface area (Å²) in [7, 11) is 3.10. The number of nitrogens with zero attached hydrogens (tertiary/aromatic N) is 1. The molecule has 0 atom stereocenters. The predicted molar refractivity (Wildman–Crippen MR) is 55.8 cm³/mol. The summed E-state index contributed by atoms with van der Waals surface area (Å²) in [4.78, 5) is 12.6. The highest BCUT2D eigenvalue weighted by atomic mass is 19.3. The molecule has 0 unspecified atom stereocenters. The Bertz CT molecular complexity index is 370. The van der Waals surface area contributed by atoms with Gasteiger partial charge in [0.05, 0.1) is 5.69 Å². The summed E-state index contributed by atoms with van der Waals surface area (Å²) in [6.45, 7) is -2.92. The van der Waals surface area contributed by atoms with Gasteiger partial charge in [0.2, 0.25) is 0 Å². The highest BCUT2D eigenvalue weighted by Gasteiger charge is 2.11. The Hall–Kier alpha value is -1.85. The lowest BCUT2D eigenvalue weighted by molar-refractivity contribution is -0.0493. The number of alkyl halides is 2. The normalized spacial score (nSPS) is 10.1. The summed E-state index contributed by atoms with van der Waals surface area (Å²) < 4.78 is 28.4. The second-order valence-corrected chi connectivity index (χ2v) is 3.20. The molecule has 0 bridgehead atoms. The first-order chi connectivity index (χ1) is 7.50. The lowest BCUT2D eigenvalue weighted by Crippen LogP contribution is -2.27. The SMILES string of the molecule is CN(C)C(=O)Nc1ccccc1OC(F)F. The molecule has 1 rings (SSSR count). The molecule has 4 nitrogen and oxygen atoms in total. The molecule has 1 aromatic rings. The number of benzene rings is 1. The fourth-order valence-electron chi connectivity index (χ4n) is 0.996. The maximum atomic E-state index is 12.1. The third-order valence-corrected chi connectivity index (χ3v) is 1.75. The molecule has 0 aliphatic carbocycles. The number of carbonyl (C=O) groups excluding carboxylic acids is 1. The van der Waals surface area contributed by atoms with Gasteiger partial charge in [0.15, 0.2) is 0 Å². The second-order valence-electron chi connectivity index (χ2n) is 3.20. The van der Waals surface area contributed by atoms with Crippen LogP contribution in [0.1, 0.15) is 0 Å². The van der Waals surface area contributed by atoms with Gasteiger partial charge >= 0.3 is 12.6 Å². The Morgan fingerprint density at radius 2 is 2.00 bits per heavy atom. The van der Waals surface area contributed by atoms with E-state index >= 15 is 0 Å². The molecule has 0 aliphatic heterocycles. The van der Waals surface area contributed by atoms with Crippen molar-refractivity contribution in [2.45, 2.75) is 6.61 Å². The van der Waals surface area contributed by atoms with Crippen LogP contribution < -0.4 is 10.1 Å². The molecular weight excluding hydrogens is 218 g/mol. The highest BCUT2D eigenvalue weighted by molar-refractivity contribution is 5.90. The zero-order valence-electron chi connectivity index (χ0n) is 8.91. The first-order valence-electron chi connectivity index (χ1n) is 4.53. The standard InChI is InChI=1S/C10H12F2N2O2/c1-14(2)10(15)13-7-5-3-4-6-8(7)16-9(11)12/h3-6,9H,1-2H3,(H,13,15). The lowest BCUT2D eigenvalue weighted by Gasteiger charge is -2.14. The minimum absolute atomic E-state index is 0.0623. The highest BCUT2D eigenvalue weighted by Crippen LogP contribution is 2.25. The van der Waals surface area contributed by atoms with E-state index in [1.165, 1.54) is 17.0 Å². The van der Waals surface area contributed by atoms with Crippen molar-refractivity contribution in [3.63, 3.8) is 0 Å². The van der Waals surface area contributed by atoms with Gasteiger partial charge in [-0.3, -0.25) is 0 Å². The summed E-state index contributed by atoms with van der Waals surface area (Å²) >= 11 is 0. The maximum Gasteiger partial charge on any atom is 0.387 e. The van der Waals surface area contributed by atoms with E-state index in [0.29, 0.717) is 0 Å². The van der Waals surface area contributed by atoms with E-state index in [4.69, 9.17) is 0 Å². The predicted octanol–water partition coefficient (Wildman–Crippen LogP) is 2.38. The molecule has 0 radical (unpaired) electrons. The number of halogens is 2. The van der Waals surface area contributed by atoms with Crippen LogP contribution >= 0.6 is 0 Å². The second kappa shape index (κ2) is 5.29. The fourth-order valence-corrected chi connectivity index (χ4v) is 0.996. The van der Waals surface area contributed by atoms with Crippen LogP contribution in [0.4, 0.5) is 19.3 Å². The molecule has 16 heavy (non-hydrogen) atoms. The molecule has 0 saturated heterocycles. The van der Waals surface area contributed by atoms with E-state index in [1.54, 1.807) is 26.2 Å². The summed E-state index contributed by atoms with van der Waals surface area (Å²) in [5, 5.41) is 2.44. The Kier molecular flexibility index (Phi) is 4.04. The monoisotopic (exact) mass is 230 g/mol. The van der Waals surface area contributed by atoms with Gasteiger partial charge in [0.1, 0.15) is 5.75 Å². The average molecular weight is 230 g/mol. The summed E-state index contributed by atoms with van der Waals surface area (Å²) in [5.74, 6) is -0.0623. The number of ether oxygens (including phenoxy) is 1. The van der Waals surface area contributed by atoms with Gasteiger partial charge in [0, 0.05) is 14.1 Å². The number of urea groups is 1. The summed E-state index contributed by atoms with van der Waals surface area (Å²) in [6, 6.07) is 5.59. The van der Waals surface area contributed by atoms with Crippen molar-refractivity contribution in [2.75, 3.05) is 19.4 Å². The van der Waals surface area contributed by atoms with Crippen molar-refractivity contribution < 1.29 is 18.3 Å². The Balaban J connectivity index is 2.82. The van der Waals surface area contributed by atoms with Gasteiger partial charge in [-0.05, 0) is 12.1 Å². The van der Waals surface area contributed by atoms with Gasteiger partial charge in [-0.15, -0.1) is 0 Å². The number of hydrogen-bond donors (Lipinski definition) is 1. The topological polar surface area (TPSA) is 41.6 Å². The van der Waals surface area contributed by atoms with Gasteiger partial charge in [-0.1, -0.05) is 12.1 Å². The Morgan fingerprint density at radius 1 is 1.38 bits per heavy atom. The molecule has 2 amide bonds. The molecule has 0 heterocycles. The van der Waals surface area contributed by atoms with Gasteiger partial charge in [-0.2, -0.15) is 8.78 Å². The molecule has 0 fully saturated rings. The number of rotatable bonds is 3. The van der Waals surface area contributed by atoms with Crippen LogP contribution in [0.15, 0.2) is 24.3 Å². The van der Waals surface area contributed by atoms with Gasteiger partial charge < -0.3 is 15.0 Å². The van der Waals surface area contributed by atoms with E-state index in [9.17, 15) is 13.6 Å². The number of amides is 2. The van der Waals surface area contributed by atoms with Crippen LogP contribution in [0.3, 0.4) is 0 Å². The number of hydrogen-bond acceptors (Lipinski definition) is 2. The molecule has 0 aliphatic rings. The molecular formula is C10H12F2N2O2. The third-order valence-electron chi connectivity index (χ3n) is 1.75. The minimum atomic E-state index is -2.92. The van der Waals surface area contributed by atoms with Crippen molar-refractivity contribution >= 4 is 11.7 Å². The number of nitrogens with one attached hydrogen (secondary N) is 1. The first-order valence-corrected chi connectivity index (χ1v) is 4.53. The van der Waals surface area contributed by atoms with E-state index in [1.807, 2.05) is 0 Å². The number of carbonyl (C=O) groups is 1. The van der Waals surface area contributed by atoms with Crippen LogP contribution in [0.25, 0.3) is 0 Å². The Morgan fingerprint density at radius 3 is 2.56 bits per heavy atom. The van der Waals surface area contributed by atoms with Crippen molar-refractivity contribution in [3.8, 4) is 5.75 Å². The largest absolute Gasteiger partial charge is 0.433 e. The van der Waals surface area contributed by atoms with Gasteiger partial charge in [0.25, 0.3) is 0 Å². The number of para-hydroxylation sites is 2. The van der Waals surface area contributed by atoms with Crippen LogP contribution in [0.2, 0.25) is 0 Å². The van der Waals surface area contributed by atoms with E-state index in [-0.39, 0.29) is 11.4 Å². The molecule has 6 heteroatoms. The summed E-state index contributed by atoms with van der Waals surface area (Å²) in [6.07, 6.45) is 0. The van der Waals surface area contributed by atoms with Gasteiger partial charge in [-0.25, -0.2) is 4.79 Å². The molecule has 1 N–H and O–H groups in total. The molecule has 0 spiro atoms. The molecule has 0 aromatic heterocycles. The zero-order chi connectivity index (χ0) is 12.1. The number of anilines is 1. The van der Waals surface area contributed by atoms with Crippen LogP contribution in [-0.4, -0.2) is 31.6 Å². The van der Waals surface area contributed by atoms with E-state index in [2.05, 4.69) is 10.1 Å². The van der Waals surface area contributed by atoms with Crippen molar-refractivity contribution in [3.05, 3.63) is 24.3 Å². The average Bonchev–Trinajstić information content (AvgIpc) is 2.20. The fraction of sp³-hybridized carbons (Fsp3) is 0.300. The van der Waals surface area contributed by atoms with Crippen molar-refractivity contribution in [2.24, 2.45) is 0 Å². The molecule has 0 saturated carbocycles. The van der Waals surface area contributed by atoms with E-state index < -0.39 is 12.6 Å². The van der Waals surface area contributed by atoms with Crippen molar-refractivity contribution in [1.82, 2.24) is 4.90 Å². The van der Waals surface area contributed by atoms with Crippen LogP contribution in [-0.2, 0) is 0 Å². The lowest BCUT2D eigenvalue weighted by atomic mass is 10.3. The zero-order valence-corrected chi connectivity index (χ0v) is 8.91. The van der Waals surface area contributed by atoms with E-state index in [0.717, 1.165) is 0 Å². The van der Waals surface area contributed by atoms with Crippen LogP contribution in [0, 0.1) is 0 Å². The first kappa shape index (κ1) is 12.2. The maximum absolute atomic E-state index is 12.1. The molecule has 1 aromatic carbocycles. The minimum Gasteiger partial charge on any atom is -0.433 e. The quantitative estimate of drug-likeness (QED) is 0.866. The Labute approximate surface area is 91.8 Å². The van der Waals surface area contributed by atoms with Crippen LogP contribution in [0.5, 0.6) is 5.75 Å². The van der Waals surface area contributed by atoms with Crippen molar-refractivity contribution in [1.29, 1.82) is 0 Å². The molecule has 88 valence electrons. The third kappa shape index (κ3) is 3.38. The smallest absolute Gasteiger partial charge is 0.387 e.